The van der Waals surface area contributed by atoms with E-state index in [1.165, 1.54) is 25.7 Å². The normalized spacial score (nSPS) is 39.2. The molecule has 1 aliphatic carbocycles. The summed E-state index contributed by atoms with van der Waals surface area (Å²) in [5, 5.41) is 9.00. The van der Waals surface area contributed by atoms with Crippen LogP contribution in [0.5, 0.6) is 0 Å². The van der Waals surface area contributed by atoms with Gasteiger partial charge in [-0.3, -0.25) is 0 Å². The fourth-order valence-corrected chi connectivity index (χ4v) is 1.85. The van der Waals surface area contributed by atoms with Gasteiger partial charge in [0.1, 0.15) is 0 Å². The summed E-state index contributed by atoms with van der Waals surface area (Å²) in [4.78, 5) is 0. The molecular formula is C10H17N. The molecule has 1 saturated carbocycles. The predicted octanol–water partition coefficient (Wildman–Crippen LogP) is 3.12. The van der Waals surface area contributed by atoms with Crippen LogP contribution in [0.1, 0.15) is 46.0 Å². The SMILES string of the molecule is CC1CCCCCC1(C)C#N. The zero-order valence-electron chi connectivity index (χ0n) is 7.56. The van der Waals surface area contributed by atoms with E-state index in [9.17, 15) is 0 Å². The van der Waals surface area contributed by atoms with E-state index in [0.29, 0.717) is 5.92 Å². The van der Waals surface area contributed by atoms with Crippen molar-refractivity contribution < 1.29 is 0 Å². The maximum Gasteiger partial charge on any atom is 0.0689 e. The second kappa shape index (κ2) is 3.26. The minimum atomic E-state index is -0.0312. The summed E-state index contributed by atoms with van der Waals surface area (Å²) < 4.78 is 0. The van der Waals surface area contributed by atoms with Gasteiger partial charge >= 0.3 is 0 Å². The second-order valence-corrected chi connectivity index (χ2v) is 4.03. The second-order valence-electron chi connectivity index (χ2n) is 4.03. The van der Waals surface area contributed by atoms with Crippen LogP contribution in [-0.4, -0.2) is 0 Å². The highest BCUT2D eigenvalue weighted by atomic mass is 14.4. The minimum Gasteiger partial charge on any atom is -0.198 e. The zero-order chi connectivity index (χ0) is 8.32. The van der Waals surface area contributed by atoms with Crippen molar-refractivity contribution in [2.75, 3.05) is 0 Å². The van der Waals surface area contributed by atoms with Crippen LogP contribution in [0.2, 0.25) is 0 Å². The molecule has 2 unspecified atom stereocenters. The van der Waals surface area contributed by atoms with Gasteiger partial charge in [0.15, 0.2) is 0 Å². The first kappa shape index (κ1) is 8.59. The Balaban J connectivity index is 2.68. The molecule has 2 atom stereocenters. The average molecular weight is 151 g/mol. The topological polar surface area (TPSA) is 23.8 Å². The van der Waals surface area contributed by atoms with Crippen LogP contribution < -0.4 is 0 Å². The van der Waals surface area contributed by atoms with Crippen molar-refractivity contribution in [3.05, 3.63) is 0 Å². The van der Waals surface area contributed by atoms with Crippen LogP contribution in [-0.2, 0) is 0 Å². The molecule has 0 aromatic carbocycles. The highest BCUT2D eigenvalue weighted by Gasteiger charge is 2.31. The van der Waals surface area contributed by atoms with Gasteiger partial charge in [-0.25, -0.2) is 0 Å². The third-order valence-corrected chi connectivity index (χ3v) is 3.18. The molecule has 0 spiro atoms. The number of hydrogen-bond acceptors (Lipinski definition) is 1. The van der Waals surface area contributed by atoms with Gasteiger partial charge < -0.3 is 0 Å². The number of nitriles is 1. The van der Waals surface area contributed by atoms with Crippen molar-refractivity contribution in [2.24, 2.45) is 11.3 Å². The smallest absolute Gasteiger partial charge is 0.0689 e. The fraction of sp³-hybridized carbons (Fsp3) is 0.900. The standard InChI is InChI=1S/C10H17N/c1-9-6-4-3-5-7-10(9,2)8-11/h9H,3-7H2,1-2H3. The van der Waals surface area contributed by atoms with Gasteiger partial charge in [0.25, 0.3) is 0 Å². The third-order valence-electron chi connectivity index (χ3n) is 3.18. The van der Waals surface area contributed by atoms with E-state index in [2.05, 4.69) is 19.9 Å². The van der Waals surface area contributed by atoms with E-state index in [-0.39, 0.29) is 5.41 Å². The Hall–Kier alpha value is -0.510. The quantitative estimate of drug-likeness (QED) is 0.488. The van der Waals surface area contributed by atoms with Crippen molar-refractivity contribution >= 4 is 0 Å². The third kappa shape index (κ3) is 1.74. The monoisotopic (exact) mass is 151 g/mol. The van der Waals surface area contributed by atoms with Gasteiger partial charge in [0.05, 0.1) is 11.5 Å². The predicted molar refractivity (Wildman–Crippen MR) is 46.0 cm³/mol. The summed E-state index contributed by atoms with van der Waals surface area (Å²) in [7, 11) is 0. The minimum absolute atomic E-state index is 0.0312. The summed E-state index contributed by atoms with van der Waals surface area (Å²) >= 11 is 0. The maximum atomic E-state index is 9.00. The average Bonchev–Trinajstić information content (AvgIpc) is 2.16. The number of hydrogen-bond donors (Lipinski definition) is 0. The Labute approximate surface area is 69.4 Å². The van der Waals surface area contributed by atoms with Gasteiger partial charge in [-0.05, 0) is 25.7 Å². The Bertz CT molecular complexity index is 168. The zero-order valence-corrected chi connectivity index (χ0v) is 7.56. The van der Waals surface area contributed by atoms with E-state index in [1.807, 2.05) is 0 Å². The number of nitrogens with zero attached hydrogens (tertiary/aromatic N) is 1. The Morgan fingerprint density at radius 1 is 1.36 bits per heavy atom. The highest BCUT2D eigenvalue weighted by molar-refractivity contribution is 4.99. The molecule has 0 radical (unpaired) electrons. The molecule has 1 rings (SSSR count). The molecule has 0 aliphatic heterocycles. The van der Waals surface area contributed by atoms with Gasteiger partial charge in [0, 0.05) is 0 Å². The molecule has 1 nitrogen and oxygen atoms in total. The van der Waals surface area contributed by atoms with Crippen LogP contribution in [0.4, 0.5) is 0 Å². The van der Waals surface area contributed by atoms with Crippen molar-refractivity contribution in [3.8, 4) is 6.07 Å². The first-order valence-corrected chi connectivity index (χ1v) is 4.60. The van der Waals surface area contributed by atoms with Crippen LogP contribution in [0.3, 0.4) is 0 Å². The molecule has 0 bridgehead atoms. The number of rotatable bonds is 0. The van der Waals surface area contributed by atoms with Crippen molar-refractivity contribution in [3.63, 3.8) is 0 Å². The summed E-state index contributed by atoms with van der Waals surface area (Å²) in [6, 6.07) is 2.47. The van der Waals surface area contributed by atoms with E-state index in [4.69, 9.17) is 5.26 Å². The molecule has 1 fully saturated rings. The summed E-state index contributed by atoms with van der Waals surface area (Å²) in [6.45, 7) is 4.33. The van der Waals surface area contributed by atoms with Crippen LogP contribution >= 0.6 is 0 Å². The van der Waals surface area contributed by atoms with E-state index in [1.54, 1.807) is 0 Å². The van der Waals surface area contributed by atoms with Gasteiger partial charge in [0.2, 0.25) is 0 Å². The lowest BCUT2D eigenvalue weighted by molar-refractivity contribution is 0.269. The van der Waals surface area contributed by atoms with Crippen LogP contribution in [0.25, 0.3) is 0 Å². The Kier molecular flexibility index (Phi) is 2.54. The van der Waals surface area contributed by atoms with Crippen molar-refractivity contribution in [2.45, 2.75) is 46.0 Å². The van der Waals surface area contributed by atoms with Crippen molar-refractivity contribution in [1.29, 1.82) is 5.26 Å². The Morgan fingerprint density at radius 3 is 2.73 bits per heavy atom. The molecule has 0 amide bonds. The van der Waals surface area contributed by atoms with Gasteiger partial charge in [-0.1, -0.05) is 26.2 Å². The molecule has 1 heteroatoms. The molecule has 1 aliphatic rings. The maximum absolute atomic E-state index is 9.00. The summed E-state index contributed by atoms with van der Waals surface area (Å²) in [5.74, 6) is 0.593. The lowest BCUT2D eigenvalue weighted by Crippen LogP contribution is -2.21. The molecule has 0 heterocycles. The Morgan fingerprint density at radius 2 is 2.09 bits per heavy atom. The molecule has 0 saturated heterocycles. The van der Waals surface area contributed by atoms with E-state index in [0.717, 1.165) is 6.42 Å². The lowest BCUT2D eigenvalue weighted by atomic mass is 9.76. The molecular weight excluding hydrogens is 134 g/mol. The van der Waals surface area contributed by atoms with Gasteiger partial charge in [-0.15, -0.1) is 0 Å². The summed E-state index contributed by atoms with van der Waals surface area (Å²) in [6.07, 6.45) is 6.23. The summed E-state index contributed by atoms with van der Waals surface area (Å²) in [5.41, 5.74) is -0.0312. The lowest BCUT2D eigenvalue weighted by Gasteiger charge is -2.25. The molecule has 62 valence electrons. The first-order chi connectivity index (χ1) is 5.19. The molecule has 0 N–H and O–H groups in total. The van der Waals surface area contributed by atoms with Crippen LogP contribution in [0.15, 0.2) is 0 Å². The fourth-order valence-electron chi connectivity index (χ4n) is 1.85. The highest BCUT2D eigenvalue weighted by Crippen LogP contribution is 2.38. The van der Waals surface area contributed by atoms with E-state index < -0.39 is 0 Å². The molecule has 0 aromatic rings. The van der Waals surface area contributed by atoms with Gasteiger partial charge in [-0.2, -0.15) is 5.26 Å². The molecule has 11 heavy (non-hydrogen) atoms. The van der Waals surface area contributed by atoms with Crippen molar-refractivity contribution in [1.82, 2.24) is 0 Å². The first-order valence-electron chi connectivity index (χ1n) is 4.60. The molecule has 0 aromatic heterocycles. The van der Waals surface area contributed by atoms with E-state index >= 15 is 0 Å². The van der Waals surface area contributed by atoms with Crippen LogP contribution in [0, 0.1) is 22.7 Å². The largest absolute Gasteiger partial charge is 0.198 e.